The SMILES string of the molecule is CN(C)CCCc1c(C(N)=O)ccc(C(N)=O)c1CCCN(C)C. The summed E-state index contributed by atoms with van der Waals surface area (Å²) in [6.45, 7) is 1.80. The van der Waals surface area contributed by atoms with Gasteiger partial charge < -0.3 is 21.3 Å². The van der Waals surface area contributed by atoms with E-state index >= 15 is 0 Å². The molecule has 2 amide bonds. The van der Waals surface area contributed by atoms with Crippen molar-refractivity contribution in [2.45, 2.75) is 25.7 Å². The van der Waals surface area contributed by atoms with Gasteiger partial charge in [-0.2, -0.15) is 0 Å². The van der Waals surface area contributed by atoms with E-state index in [1.807, 2.05) is 28.2 Å². The van der Waals surface area contributed by atoms with E-state index in [4.69, 9.17) is 11.5 Å². The summed E-state index contributed by atoms with van der Waals surface area (Å²) in [4.78, 5) is 27.8. The van der Waals surface area contributed by atoms with E-state index in [0.717, 1.165) is 37.1 Å². The predicted octanol–water partition coefficient (Wildman–Crippen LogP) is 0.873. The van der Waals surface area contributed by atoms with E-state index in [1.54, 1.807) is 12.1 Å². The molecule has 0 saturated carbocycles. The molecule has 0 fully saturated rings. The third-order valence-electron chi connectivity index (χ3n) is 4.03. The Hall–Kier alpha value is -1.92. The van der Waals surface area contributed by atoms with Crippen molar-refractivity contribution in [2.75, 3.05) is 41.3 Å². The minimum Gasteiger partial charge on any atom is -0.366 e. The number of amides is 2. The summed E-state index contributed by atoms with van der Waals surface area (Å²) in [7, 11) is 8.03. The van der Waals surface area contributed by atoms with E-state index in [1.165, 1.54) is 0 Å². The lowest BCUT2D eigenvalue weighted by Gasteiger charge is -2.18. The highest BCUT2D eigenvalue weighted by molar-refractivity contribution is 5.99. The number of nitrogens with zero attached hydrogens (tertiary/aromatic N) is 2. The Bertz CT molecular complexity index is 532. The summed E-state index contributed by atoms with van der Waals surface area (Å²) in [5.74, 6) is -0.917. The quantitative estimate of drug-likeness (QED) is 0.664. The molecule has 0 radical (unpaired) electrons. The summed E-state index contributed by atoms with van der Waals surface area (Å²) < 4.78 is 0. The van der Waals surface area contributed by atoms with Gasteiger partial charge in [-0.3, -0.25) is 9.59 Å². The smallest absolute Gasteiger partial charge is 0.248 e. The molecule has 6 heteroatoms. The molecule has 24 heavy (non-hydrogen) atoms. The van der Waals surface area contributed by atoms with Crippen LogP contribution in [0, 0.1) is 0 Å². The van der Waals surface area contributed by atoms with Gasteiger partial charge in [0.2, 0.25) is 11.8 Å². The molecule has 134 valence electrons. The van der Waals surface area contributed by atoms with Crippen molar-refractivity contribution in [3.8, 4) is 0 Å². The highest BCUT2D eigenvalue weighted by atomic mass is 16.1. The van der Waals surface area contributed by atoms with Crippen LogP contribution in [0.15, 0.2) is 12.1 Å². The van der Waals surface area contributed by atoms with Crippen molar-refractivity contribution in [2.24, 2.45) is 11.5 Å². The molecule has 0 atom stereocenters. The number of nitrogens with two attached hydrogens (primary N) is 2. The molecule has 0 unspecified atom stereocenters. The van der Waals surface area contributed by atoms with E-state index in [2.05, 4.69) is 9.80 Å². The fourth-order valence-electron chi connectivity index (χ4n) is 2.87. The lowest BCUT2D eigenvalue weighted by Crippen LogP contribution is -2.22. The fourth-order valence-corrected chi connectivity index (χ4v) is 2.87. The number of primary amides is 2. The predicted molar refractivity (Wildman–Crippen MR) is 97.2 cm³/mol. The second-order valence-corrected chi connectivity index (χ2v) is 6.66. The molecule has 0 heterocycles. The van der Waals surface area contributed by atoms with Crippen molar-refractivity contribution in [3.05, 3.63) is 34.4 Å². The molecular weight excluding hydrogens is 304 g/mol. The zero-order valence-electron chi connectivity index (χ0n) is 15.3. The number of rotatable bonds is 10. The summed E-state index contributed by atoms with van der Waals surface area (Å²) in [6, 6.07) is 3.26. The third kappa shape index (κ3) is 5.94. The fraction of sp³-hybridized carbons (Fsp3) is 0.556. The molecule has 0 aliphatic heterocycles. The van der Waals surface area contributed by atoms with Gasteiger partial charge in [0.25, 0.3) is 0 Å². The summed E-state index contributed by atoms with van der Waals surface area (Å²) in [6.07, 6.45) is 3.18. The highest BCUT2D eigenvalue weighted by Gasteiger charge is 2.18. The van der Waals surface area contributed by atoms with E-state index in [-0.39, 0.29) is 0 Å². The maximum absolute atomic E-state index is 11.8. The number of hydrogen-bond donors (Lipinski definition) is 2. The molecule has 1 aromatic carbocycles. The van der Waals surface area contributed by atoms with E-state index < -0.39 is 11.8 Å². The molecular formula is C18H30N4O2. The molecule has 0 bridgehead atoms. The minimum atomic E-state index is -0.459. The molecule has 0 aliphatic carbocycles. The zero-order chi connectivity index (χ0) is 18.3. The van der Waals surface area contributed by atoms with Gasteiger partial charge >= 0.3 is 0 Å². The van der Waals surface area contributed by atoms with E-state index in [0.29, 0.717) is 24.0 Å². The van der Waals surface area contributed by atoms with Gasteiger partial charge in [0.05, 0.1) is 0 Å². The molecule has 1 aromatic rings. The first-order valence-corrected chi connectivity index (χ1v) is 8.27. The molecule has 6 nitrogen and oxygen atoms in total. The van der Waals surface area contributed by atoms with Crippen molar-refractivity contribution < 1.29 is 9.59 Å². The van der Waals surface area contributed by atoms with Crippen LogP contribution in [-0.4, -0.2) is 62.9 Å². The number of benzene rings is 1. The van der Waals surface area contributed by atoms with Gasteiger partial charge in [-0.25, -0.2) is 0 Å². The topological polar surface area (TPSA) is 92.7 Å². The Morgan fingerprint density at radius 2 is 1.12 bits per heavy atom. The second kappa shape index (κ2) is 9.39. The summed E-state index contributed by atoms with van der Waals surface area (Å²) >= 11 is 0. The van der Waals surface area contributed by atoms with E-state index in [9.17, 15) is 9.59 Å². The highest BCUT2D eigenvalue weighted by Crippen LogP contribution is 2.23. The van der Waals surface area contributed by atoms with Crippen molar-refractivity contribution in [1.29, 1.82) is 0 Å². The number of carbonyl (C=O) groups is 2. The van der Waals surface area contributed by atoms with Crippen LogP contribution < -0.4 is 11.5 Å². The average molecular weight is 334 g/mol. The Kier molecular flexibility index (Phi) is 7.88. The standard InChI is InChI=1S/C18H30N4O2/c1-21(2)11-5-7-13-14(8-6-12-22(3)4)16(18(20)24)10-9-15(13)17(19)23/h9-10H,5-8,11-12H2,1-4H3,(H2,19,23)(H2,20,24). The Morgan fingerprint density at radius 3 is 1.38 bits per heavy atom. The molecule has 0 spiro atoms. The van der Waals surface area contributed by atoms with Crippen LogP contribution in [0.4, 0.5) is 0 Å². The third-order valence-corrected chi connectivity index (χ3v) is 4.03. The summed E-state index contributed by atoms with van der Waals surface area (Å²) in [5.41, 5.74) is 13.8. The maximum Gasteiger partial charge on any atom is 0.248 e. The molecule has 1 rings (SSSR count). The molecule has 0 saturated heterocycles. The van der Waals surface area contributed by atoms with Crippen LogP contribution in [0.5, 0.6) is 0 Å². The van der Waals surface area contributed by atoms with Crippen LogP contribution in [0.3, 0.4) is 0 Å². The Labute approximate surface area is 144 Å². The van der Waals surface area contributed by atoms with Crippen LogP contribution in [0.2, 0.25) is 0 Å². The van der Waals surface area contributed by atoms with Crippen molar-refractivity contribution >= 4 is 11.8 Å². The number of hydrogen-bond acceptors (Lipinski definition) is 4. The van der Waals surface area contributed by atoms with Crippen LogP contribution in [0.25, 0.3) is 0 Å². The maximum atomic E-state index is 11.8. The van der Waals surface area contributed by atoms with Crippen molar-refractivity contribution in [3.63, 3.8) is 0 Å². The minimum absolute atomic E-state index is 0.459. The van der Waals surface area contributed by atoms with Gasteiger partial charge in [0.15, 0.2) is 0 Å². The first kappa shape index (κ1) is 20.1. The van der Waals surface area contributed by atoms with Gasteiger partial charge in [-0.15, -0.1) is 0 Å². The normalized spacial score (nSPS) is 11.2. The Balaban J connectivity index is 3.20. The monoisotopic (exact) mass is 334 g/mol. The lowest BCUT2D eigenvalue weighted by atomic mass is 9.89. The van der Waals surface area contributed by atoms with Crippen molar-refractivity contribution in [1.82, 2.24) is 9.80 Å². The Morgan fingerprint density at radius 1 is 0.792 bits per heavy atom. The average Bonchev–Trinajstić information content (AvgIpc) is 2.46. The van der Waals surface area contributed by atoms with Gasteiger partial charge in [-0.05, 0) is 90.2 Å². The largest absolute Gasteiger partial charge is 0.366 e. The molecule has 0 aliphatic rings. The first-order chi connectivity index (χ1) is 11.2. The summed E-state index contributed by atoms with van der Waals surface area (Å²) in [5, 5.41) is 0. The van der Waals surface area contributed by atoms with Crippen LogP contribution in [0.1, 0.15) is 44.7 Å². The number of carbonyl (C=O) groups excluding carboxylic acids is 2. The lowest BCUT2D eigenvalue weighted by molar-refractivity contribution is 0.0986. The molecule has 4 N–H and O–H groups in total. The first-order valence-electron chi connectivity index (χ1n) is 8.27. The molecule has 0 aromatic heterocycles. The van der Waals surface area contributed by atoms with Crippen LogP contribution in [-0.2, 0) is 12.8 Å². The van der Waals surface area contributed by atoms with Gasteiger partial charge in [-0.1, -0.05) is 0 Å². The zero-order valence-corrected chi connectivity index (χ0v) is 15.3. The van der Waals surface area contributed by atoms with Crippen LogP contribution >= 0.6 is 0 Å². The van der Waals surface area contributed by atoms with Gasteiger partial charge in [0.1, 0.15) is 0 Å². The van der Waals surface area contributed by atoms with Gasteiger partial charge in [0, 0.05) is 11.1 Å². The second-order valence-electron chi connectivity index (χ2n) is 6.66.